The van der Waals surface area contributed by atoms with Crippen molar-refractivity contribution >= 4 is 34.6 Å². The van der Waals surface area contributed by atoms with Gasteiger partial charge in [0.15, 0.2) is 19.0 Å². The number of thiazole rings is 1. The van der Waals surface area contributed by atoms with Crippen molar-refractivity contribution in [2.75, 3.05) is 31.2 Å². The number of Topliss-reactive ketones (excluding diaryl/α,β-unsaturated/α-hetero) is 1. The molecular formula is C25H22FN3O5S. The molecule has 3 heterocycles. The van der Waals surface area contributed by atoms with E-state index in [0.29, 0.717) is 27.7 Å². The first-order valence-electron chi connectivity index (χ1n) is 11.2. The number of rotatable bonds is 7. The molecule has 0 N–H and O–H groups in total. The molecule has 0 bridgehead atoms. The molecule has 10 heteroatoms. The summed E-state index contributed by atoms with van der Waals surface area (Å²) in [4.78, 5) is 45.8. The van der Waals surface area contributed by atoms with E-state index in [0.717, 1.165) is 25.9 Å². The number of hydrogen-bond acceptors (Lipinski definition) is 7. The highest BCUT2D eigenvalue weighted by atomic mass is 32.1. The Morgan fingerprint density at radius 2 is 1.97 bits per heavy atom. The fourth-order valence-corrected chi connectivity index (χ4v) is 4.79. The van der Waals surface area contributed by atoms with Crippen LogP contribution < -0.4 is 14.4 Å². The van der Waals surface area contributed by atoms with Crippen LogP contribution in [0.25, 0.3) is 0 Å². The maximum absolute atomic E-state index is 13.3. The van der Waals surface area contributed by atoms with Crippen molar-refractivity contribution in [2.24, 2.45) is 0 Å². The largest absolute Gasteiger partial charge is 0.485 e. The van der Waals surface area contributed by atoms with Gasteiger partial charge in [-0.05, 0) is 43.2 Å². The Labute approximate surface area is 204 Å². The van der Waals surface area contributed by atoms with Crippen LogP contribution in [-0.2, 0) is 11.3 Å². The molecule has 5 rings (SSSR count). The molecule has 2 aliphatic heterocycles. The number of hydrogen-bond donors (Lipinski definition) is 0. The van der Waals surface area contributed by atoms with Crippen molar-refractivity contribution in [3.8, 4) is 11.5 Å². The monoisotopic (exact) mass is 495 g/mol. The van der Waals surface area contributed by atoms with Gasteiger partial charge >= 0.3 is 0 Å². The van der Waals surface area contributed by atoms with Crippen LogP contribution in [0.15, 0.2) is 47.8 Å². The molecular weight excluding hydrogens is 473 g/mol. The van der Waals surface area contributed by atoms with Crippen molar-refractivity contribution in [3.05, 3.63) is 69.9 Å². The summed E-state index contributed by atoms with van der Waals surface area (Å²) in [5, 5.41) is 2.32. The van der Waals surface area contributed by atoms with Crippen LogP contribution in [0.1, 0.15) is 38.7 Å². The first kappa shape index (κ1) is 23.0. The number of nitrogens with zero attached hydrogens (tertiary/aromatic N) is 3. The maximum atomic E-state index is 13.3. The van der Waals surface area contributed by atoms with Gasteiger partial charge in [-0.2, -0.15) is 0 Å². The number of halogens is 1. The topological polar surface area (TPSA) is 89.0 Å². The van der Waals surface area contributed by atoms with Gasteiger partial charge in [0.05, 0.1) is 12.2 Å². The van der Waals surface area contributed by atoms with E-state index in [1.165, 1.54) is 34.4 Å². The maximum Gasteiger partial charge on any atom is 0.273 e. The number of carbonyl (C=O) groups excluding carboxylic acids is 3. The average Bonchev–Trinajstić information content (AvgIpc) is 3.56. The highest BCUT2D eigenvalue weighted by molar-refractivity contribution is 7.09. The average molecular weight is 496 g/mol. The number of anilines is 1. The Hall–Kier alpha value is -3.79. The summed E-state index contributed by atoms with van der Waals surface area (Å²) in [7, 11) is 0. The third kappa shape index (κ3) is 5.02. The molecule has 0 spiro atoms. The van der Waals surface area contributed by atoms with E-state index in [4.69, 9.17) is 9.47 Å². The third-order valence-electron chi connectivity index (χ3n) is 5.85. The lowest BCUT2D eigenvalue weighted by Gasteiger charge is -2.29. The molecule has 35 heavy (non-hydrogen) atoms. The number of ketones is 1. The third-order valence-corrected chi connectivity index (χ3v) is 6.68. The lowest BCUT2D eigenvalue weighted by atomic mass is 10.1. The van der Waals surface area contributed by atoms with E-state index < -0.39 is 5.82 Å². The van der Waals surface area contributed by atoms with E-state index >= 15 is 0 Å². The number of ether oxygens (including phenoxy) is 2. The predicted molar refractivity (Wildman–Crippen MR) is 127 cm³/mol. The predicted octanol–water partition coefficient (Wildman–Crippen LogP) is 3.71. The van der Waals surface area contributed by atoms with Crippen LogP contribution >= 0.6 is 11.3 Å². The summed E-state index contributed by atoms with van der Waals surface area (Å²) in [6.45, 7) is 1.21. The zero-order valence-electron chi connectivity index (χ0n) is 18.7. The van der Waals surface area contributed by atoms with Crippen molar-refractivity contribution in [1.82, 2.24) is 9.88 Å². The van der Waals surface area contributed by atoms with Gasteiger partial charge in [-0.15, -0.1) is 11.3 Å². The molecule has 2 aromatic carbocycles. The Kier molecular flexibility index (Phi) is 6.45. The number of fused-ring (bicyclic) bond motifs is 1. The van der Waals surface area contributed by atoms with Crippen LogP contribution in [0, 0.1) is 5.82 Å². The summed E-state index contributed by atoms with van der Waals surface area (Å²) in [6.07, 6.45) is 1.99. The van der Waals surface area contributed by atoms with Crippen LogP contribution in [0.3, 0.4) is 0 Å². The molecule has 1 aromatic heterocycles. The van der Waals surface area contributed by atoms with E-state index in [1.807, 2.05) is 0 Å². The Bertz CT molecular complexity index is 1290. The Morgan fingerprint density at radius 1 is 1.14 bits per heavy atom. The summed E-state index contributed by atoms with van der Waals surface area (Å²) in [6, 6.07) is 10.4. The lowest BCUT2D eigenvalue weighted by molar-refractivity contribution is -0.121. The number of likely N-dealkylation sites (tertiary alicyclic amines) is 1. The Balaban J connectivity index is 1.32. The second-order valence-corrected chi connectivity index (χ2v) is 9.19. The van der Waals surface area contributed by atoms with Crippen LogP contribution in [0.5, 0.6) is 11.5 Å². The van der Waals surface area contributed by atoms with E-state index in [2.05, 4.69) is 4.98 Å². The minimum atomic E-state index is -0.456. The zero-order valence-corrected chi connectivity index (χ0v) is 19.6. The van der Waals surface area contributed by atoms with E-state index in [9.17, 15) is 18.8 Å². The molecule has 180 valence electrons. The number of benzene rings is 2. The minimum absolute atomic E-state index is 0.0927. The second-order valence-electron chi connectivity index (χ2n) is 8.25. The van der Waals surface area contributed by atoms with Crippen LogP contribution in [-0.4, -0.2) is 53.8 Å². The number of aromatic nitrogens is 1. The molecule has 0 radical (unpaired) electrons. The normalized spacial score (nSPS) is 15.1. The molecule has 0 aliphatic carbocycles. The molecule has 8 nitrogen and oxygen atoms in total. The van der Waals surface area contributed by atoms with Crippen LogP contribution in [0.2, 0.25) is 0 Å². The molecule has 0 atom stereocenters. The second kappa shape index (κ2) is 9.83. The lowest BCUT2D eigenvalue weighted by Crippen LogP contribution is -2.38. The summed E-state index contributed by atoms with van der Waals surface area (Å²) < 4.78 is 24.3. The fourth-order valence-electron chi connectivity index (χ4n) is 4.04. The van der Waals surface area contributed by atoms with Gasteiger partial charge < -0.3 is 14.4 Å². The quantitative estimate of drug-likeness (QED) is 0.465. The van der Waals surface area contributed by atoms with Crippen molar-refractivity contribution in [1.29, 1.82) is 0 Å². The van der Waals surface area contributed by atoms with Crippen molar-refractivity contribution in [2.45, 2.75) is 19.4 Å². The first-order valence-corrected chi connectivity index (χ1v) is 12.1. The fraction of sp³-hybridized carbons (Fsp3) is 0.280. The summed E-state index contributed by atoms with van der Waals surface area (Å²) >= 11 is 1.31. The van der Waals surface area contributed by atoms with Gasteiger partial charge in [-0.25, -0.2) is 9.37 Å². The van der Waals surface area contributed by atoms with Crippen molar-refractivity contribution in [3.63, 3.8) is 0 Å². The van der Waals surface area contributed by atoms with Gasteiger partial charge in [0.1, 0.15) is 28.0 Å². The SMILES string of the molecule is O=C(COc1cccc(F)c1)c1ccc2c(c1)N(Cc1nc(C(=O)N3CCCC3)cs1)C(=O)CO2. The smallest absolute Gasteiger partial charge is 0.273 e. The highest BCUT2D eigenvalue weighted by Gasteiger charge is 2.28. The highest BCUT2D eigenvalue weighted by Crippen LogP contribution is 2.34. The van der Waals surface area contributed by atoms with Gasteiger partial charge in [0.2, 0.25) is 0 Å². The molecule has 2 amide bonds. The van der Waals surface area contributed by atoms with Gasteiger partial charge in [-0.1, -0.05) is 6.07 Å². The van der Waals surface area contributed by atoms with Crippen molar-refractivity contribution < 1.29 is 28.2 Å². The summed E-state index contributed by atoms with van der Waals surface area (Å²) in [5.74, 6) is -0.437. The molecule has 1 saturated heterocycles. The number of carbonyl (C=O) groups is 3. The van der Waals surface area contributed by atoms with Gasteiger partial charge in [0.25, 0.3) is 11.8 Å². The molecule has 0 saturated carbocycles. The Morgan fingerprint density at radius 3 is 2.77 bits per heavy atom. The van der Waals surface area contributed by atoms with E-state index in [-0.39, 0.29) is 43.1 Å². The van der Waals surface area contributed by atoms with E-state index in [1.54, 1.807) is 34.5 Å². The molecule has 0 unspecified atom stereocenters. The molecule has 1 fully saturated rings. The minimum Gasteiger partial charge on any atom is -0.485 e. The summed E-state index contributed by atoms with van der Waals surface area (Å²) in [5.41, 5.74) is 1.15. The van der Waals surface area contributed by atoms with Gasteiger partial charge in [0, 0.05) is 30.1 Å². The zero-order chi connectivity index (χ0) is 24.4. The molecule has 3 aromatic rings. The van der Waals surface area contributed by atoms with Crippen LogP contribution in [0.4, 0.5) is 10.1 Å². The first-order chi connectivity index (χ1) is 17.0. The molecule has 2 aliphatic rings. The number of amides is 2. The van der Waals surface area contributed by atoms with Gasteiger partial charge in [-0.3, -0.25) is 19.3 Å². The standard InChI is InChI=1S/C25H22FN3O5S/c26-17-4-3-5-18(11-17)33-13-21(30)16-6-7-22-20(10-16)29(24(31)14-34-22)12-23-27-19(15-35-23)25(32)28-8-1-2-9-28/h3-7,10-11,15H,1-2,8-9,12-14H2.